The molecule has 5 rings (SSSR count). The van der Waals surface area contributed by atoms with Crippen LogP contribution in [0.4, 0.5) is 19.0 Å². The maximum atomic E-state index is 13.3. The highest BCUT2D eigenvalue weighted by Crippen LogP contribution is 2.37. The Balaban J connectivity index is 1.45. The van der Waals surface area contributed by atoms with E-state index in [1.165, 1.54) is 13.2 Å². The molecule has 0 spiro atoms. The van der Waals surface area contributed by atoms with Crippen molar-refractivity contribution in [2.75, 3.05) is 38.2 Å². The summed E-state index contributed by atoms with van der Waals surface area (Å²) in [4.78, 5) is 17.2. The Hall–Kier alpha value is -4.12. The standard InChI is InChI=1S/C26H25F3N6O2/c1-16(34-11-13-35(14-12-34)22-5-3-4-10-31-22)23-20(15-30)37-25(33-23)18-6-8-19(36-2)24-17(18)7-9-21(32-24)26(27,28)29/h3-10H,1,11-15,30H2,2H3. The second-order valence-electron chi connectivity index (χ2n) is 8.51. The largest absolute Gasteiger partial charge is 0.494 e. The van der Waals surface area contributed by atoms with Crippen molar-refractivity contribution in [2.24, 2.45) is 5.73 Å². The van der Waals surface area contributed by atoms with Crippen LogP contribution >= 0.6 is 0 Å². The van der Waals surface area contributed by atoms with Crippen molar-refractivity contribution in [1.82, 2.24) is 19.9 Å². The van der Waals surface area contributed by atoms with E-state index in [2.05, 4.69) is 31.3 Å². The summed E-state index contributed by atoms with van der Waals surface area (Å²) >= 11 is 0. The number of nitrogens with zero attached hydrogens (tertiary/aromatic N) is 5. The molecule has 2 N–H and O–H groups in total. The third-order valence-electron chi connectivity index (χ3n) is 6.35. The molecule has 192 valence electrons. The van der Waals surface area contributed by atoms with E-state index in [-0.39, 0.29) is 23.7 Å². The van der Waals surface area contributed by atoms with E-state index in [0.29, 0.717) is 41.2 Å². The topological polar surface area (TPSA) is 93.5 Å². The van der Waals surface area contributed by atoms with Gasteiger partial charge in [0.25, 0.3) is 0 Å². The Morgan fingerprint density at radius 3 is 2.51 bits per heavy atom. The van der Waals surface area contributed by atoms with E-state index in [0.717, 1.165) is 25.0 Å². The fraction of sp³-hybridized carbons (Fsp3) is 0.269. The zero-order chi connectivity index (χ0) is 26.2. The number of hydrogen-bond acceptors (Lipinski definition) is 8. The Bertz CT molecular complexity index is 1430. The Morgan fingerprint density at radius 2 is 1.86 bits per heavy atom. The first-order chi connectivity index (χ1) is 17.8. The molecule has 0 amide bonds. The lowest BCUT2D eigenvalue weighted by Gasteiger charge is -2.37. The van der Waals surface area contributed by atoms with E-state index in [4.69, 9.17) is 14.9 Å². The van der Waals surface area contributed by atoms with Gasteiger partial charge >= 0.3 is 6.18 Å². The van der Waals surface area contributed by atoms with Crippen molar-refractivity contribution in [3.63, 3.8) is 0 Å². The lowest BCUT2D eigenvalue weighted by atomic mass is 10.1. The molecule has 37 heavy (non-hydrogen) atoms. The number of aromatic nitrogens is 3. The molecule has 11 heteroatoms. The van der Waals surface area contributed by atoms with Crippen molar-refractivity contribution < 1.29 is 22.3 Å². The number of methoxy groups -OCH3 is 1. The van der Waals surface area contributed by atoms with Gasteiger partial charge in [0, 0.05) is 43.3 Å². The number of oxazole rings is 1. The molecule has 0 radical (unpaired) electrons. The molecule has 1 saturated heterocycles. The predicted molar refractivity (Wildman–Crippen MR) is 134 cm³/mol. The summed E-state index contributed by atoms with van der Waals surface area (Å²) in [5.41, 5.74) is 6.69. The van der Waals surface area contributed by atoms with E-state index < -0.39 is 11.9 Å². The van der Waals surface area contributed by atoms with Gasteiger partial charge in [0.05, 0.1) is 19.4 Å². The Morgan fingerprint density at radius 1 is 1.08 bits per heavy atom. The summed E-state index contributed by atoms with van der Waals surface area (Å²) in [6.45, 7) is 7.26. The molecule has 0 unspecified atom stereocenters. The van der Waals surface area contributed by atoms with Crippen LogP contribution in [0.3, 0.4) is 0 Å². The number of nitrogens with two attached hydrogens (primary N) is 1. The van der Waals surface area contributed by atoms with Crippen LogP contribution in [0.15, 0.2) is 59.7 Å². The van der Waals surface area contributed by atoms with Gasteiger partial charge in [-0.15, -0.1) is 0 Å². The summed E-state index contributed by atoms with van der Waals surface area (Å²) in [5.74, 6) is 1.80. The zero-order valence-electron chi connectivity index (χ0n) is 20.1. The quantitative estimate of drug-likeness (QED) is 0.404. The van der Waals surface area contributed by atoms with E-state index in [1.807, 2.05) is 18.2 Å². The molecule has 1 fully saturated rings. The van der Waals surface area contributed by atoms with E-state index in [9.17, 15) is 13.2 Å². The maximum absolute atomic E-state index is 13.3. The number of benzene rings is 1. The van der Waals surface area contributed by atoms with Gasteiger partial charge in [-0.3, -0.25) is 0 Å². The monoisotopic (exact) mass is 510 g/mol. The number of fused-ring (bicyclic) bond motifs is 1. The highest BCUT2D eigenvalue weighted by Gasteiger charge is 2.33. The van der Waals surface area contributed by atoms with Crippen LogP contribution in [-0.4, -0.2) is 53.1 Å². The van der Waals surface area contributed by atoms with Crippen molar-refractivity contribution >= 4 is 22.4 Å². The van der Waals surface area contributed by atoms with Crippen molar-refractivity contribution in [3.8, 4) is 17.2 Å². The van der Waals surface area contributed by atoms with Crippen LogP contribution in [-0.2, 0) is 12.7 Å². The van der Waals surface area contributed by atoms with Crippen LogP contribution in [0.1, 0.15) is 17.1 Å². The summed E-state index contributed by atoms with van der Waals surface area (Å²) in [5, 5.41) is 0.415. The number of piperazine rings is 1. The number of halogens is 3. The van der Waals surface area contributed by atoms with Gasteiger partial charge in [-0.05, 0) is 36.4 Å². The number of alkyl halides is 3. The van der Waals surface area contributed by atoms with Crippen LogP contribution < -0.4 is 15.4 Å². The molecule has 0 saturated carbocycles. The minimum absolute atomic E-state index is 0.0633. The number of rotatable bonds is 6. The molecule has 0 aliphatic carbocycles. The summed E-state index contributed by atoms with van der Waals surface area (Å²) in [6.07, 6.45) is -2.82. The normalized spacial score (nSPS) is 14.3. The molecule has 4 aromatic rings. The molecular weight excluding hydrogens is 485 g/mol. The Labute approximate surface area is 211 Å². The number of pyridine rings is 2. The number of ether oxygens (including phenoxy) is 1. The summed E-state index contributed by atoms with van der Waals surface area (Å²) in [7, 11) is 1.38. The molecule has 1 aliphatic heterocycles. The SMILES string of the molecule is C=C(c1nc(-c2ccc(OC)c3nc(C(F)(F)F)ccc23)oc1CN)N1CCN(c2ccccn2)CC1. The zero-order valence-corrected chi connectivity index (χ0v) is 20.1. The van der Waals surface area contributed by atoms with E-state index in [1.54, 1.807) is 18.3 Å². The molecule has 0 bridgehead atoms. The third kappa shape index (κ3) is 4.69. The average molecular weight is 511 g/mol. The van der Waals surface area contributed by atoms with Crippen LogP contribution in [0.5, 0.6) is 5.75 Å². The molecular formula is C26H25F3N6O2. The van der Waals surface area contributed by atoms with Crippen molar-refractivity contribution in [1.29, 1.82) is 0 Å². The van der Waals surface area contributed by atoms with Gasteiger partial charge in [-0.2, -0.15) is 13.2 Å². The summed E-state index contributed by atoms with van der Waals surface area (Å²) < 4.78 is 51.1. The second-order valence-corrected chi connectivity index (χ2v) is 8.51. The molecule has 1 aliphatic rings. The number of anilines is 1. The Kier molecular flexibility index (Phi) is 6.46. The van der Waals surface area contributed by atoms with Gasteiger partial charge < -0.3 is 24.7 Å². The second kappa shape index (κ2) is 9.74. The van der Waals surface area contributed by atoms with Crippen LogP contribution in [0.2, 0.25) is 0 Å². The highest BCUT2D eigenvalue weighted by atomic mass is 19.4. The molecule has 0 atom stereocenters. The fourth-order valence-electron chi connectivity index (χ4n) is 4.43. The van der Waals surface area contributed by atoms with Gasteiger partial charge in [-0.25, -0.2) is 15.0 Å². The van der Waals surface area contributed by atoms with Crippen molar-refractivity contribution in [3.05, 3.63) is 72.4 Å². The first kappa shape index (κ1) is 24.6. The minimum Gasteiger partial charge on any atom is -0.494 e. The third-order valence-corrected chi connectivity index (χ3v) is 6.35. The van der Waals surface area contributed by atoms with Crippen LogP contribution in [0, 0.1) is 0 Å². The van der Waals surface area contributed by atoms with Gasteiger partial charge in [0.2, 0.25) is 5.89 Å². The predicted octanol–water partition coefficient (Wildman–Crippen LogP) is 4.56. The van der Waals surface area contributed by atoms with Gasteiger partial charge in [-0.1, -0.05) is 12.6 Å². The molecule has 3 aromatic heterocycles. The highest BCUT2D eigenvalue weighted by molar-refractivity contribution is 5.96. The summed E-state index contributed by atoms with van der Waals surface area (Å²) in [6, 6.07) is 11.3. The van der Waals surface area contributed by atoms with Crippen LogP contribution in [0.25, 0.3) is 28.1 Å². The van der Waals surface area contributed by atoms with Crippen molar-refractivity contribution in [2.45, 2.75) is 12.7 Å². The molecule has 1 aromatic carbocycles. The van der Waals surface area contributed by atoms with Gasteiger partial charge in [0.1, 0.15) is 34.2 Å². The first-order valence-electron chi connectivity index (χ1n) is 11.7. The first-order valence-corrected chi connectivity index (χ1v) is 11.7. The minimum atomic E-state index is -4.59. The lowest BCUT2D eigenvalue weighted by molar-refractivity contribution is -0.140. The number of hydrogen-bond donors (Lipinski definition) is 1. The van der Waals surface area contributed by atoms with Gasteiger partial charge in [0.15, 0.2) is 0 Å². The molecule has 4 heterocycles. The smallest absolute Gasteiger partial charge is 0.433 e. The lowest BCUT2D eigenvalue weighted by Crippen LogP contribution is -2.45. The average Bonchev–Trinajstić information content (AvgIpc) is 3.36. The fourth-order valence-corrected chi connectivity index (χ4v) is 4.43. The molecule has 8 nitrogen and oxygen atoms in total. The maximum Gasteiger partial charge on any atom is 0.433 e. The van der Waals surface area contributed by atoms with E-state index >= 15 is 0 Å².